The third-order valence-electron chi connectivity index (χ3n) is 4.47. The maximum atomic E-state index is 13.2. The molecule has 0 saturated carbocycles. The molecule has 1 saturated heterocycles. The number of thiophene rings is 1. The van der Waals surface area contributed by atoms with Crippen LogP contribution in [0.15, 0.2) is 47.4 Å². The van der Waals surface area contributed by atoms with Crippen LogP contribution in [0.3, 0.4) is 0 Å². The highest BCUT2D eigenvalue weighted by molar-refractivity contribution is 7.10. The van der Waals surface area contributed by atoms with Gasteiger partial charge in [0, 0.05) is 17.0 Å². The minimum atomic E-state index is -0.708. The summed E-state index contributed by atoms with van der Waals surface area (Å²) in [6.45, 7) is 1.18. The molecule has 1 unspecified atom stereocenters. The van der Waals surface area contributed by atoms with Crippen molar-refractivity contribution >= 4 is 28.8 Å². The van der Waals surface area contributed by atoms with Gasteiger partial charge in [-0.05, 0) is 62.8 Å². The molecular weight excluding hydrogens is 367 g/mol. The lowest BCUT2D eigenvalue weighted by atomic mass is 10.00. The van der Waals surface area contributed by atoms with Crippen LogP contribution in [0.2, 0.25) is 0 Å². The summed E-state index contributed by atoms with van der Waals surface area (Å²) in [4.78, 5) is 29.7. The van der Waals surface area contributed by atoms with Gasteiger partial charge < -0.3 is 14.9 Å². The molecule has 3 rings (SSSR count). The van der Waals surface area contributed by atoms with E-state index in [1.54, 1.807) is 0 Å². The summed E-state index contributed by atoms with van der Waals surface area (Å²) in [6.07, 6.45) is 0.707. The first-order valence-electron chi connectivity index (χ1n) is 8.62. The molecule has 1 fully saturated rings. The van der Waals surface area contributed by atoms with Gasteiger partial charge in [-0.1, -0.05) is 6.07 Å². The molecule has 0 radical (unpaired) electrons. The fourth-order valence-corrected chi connectivity index (χ4v) is 4.02. The van der Waals surface area contributed by atoms with Crippen LogP contribution in [0.5, 0.6) is 0 Å². The Morgan fingerprint density at radius 1 is 1.22 bits per heavy atom. The fraction of sp³-hybridized carbons (Fsp3) is 0.300. The number of rotatable bonds is 6. The monoisotopic (exact) mass is 388 g/mol. The summed E-state index contributed by atoms with van der Waals surface area (Å²) < 4.78 is 13.2. The van der Waals surface area contributed by atoms with Crippen LogP contribution in [-0.4, -0.2) is 53.8 Å². The molecule has 1 aromatic carbocycles. The third-order valence-corrected chi connectivity index (χ3v) is 5.40. The fourth-order valence-electron chi connectivity index (χ4n) is 3.17. The van der Waals surface area contributed by atoms with Crippen molar-refractivity contribution < 1.29 is 19.1 Å². The number of amides is 1. The van der Waals surface area contributed by atoms with Gasteiger partial charge in [-0.25, -0.2) is 4.39 Å². The number of hydrogen-bond donors (Lipinski definition) is 1. The predicted molar refractivity (Wildman–Crippen MR) is 103 cm³/mol. The first kappa shape index (κ1) is 19.3. The third kappa shape index (κ3) is 3.94. The highest BCUT2D eigenvalue weighted by atomic mass is 32.1. The number of carbonyl (C=O) groups is 2. The van der Waals surface area contributed by atoms with Crippen molar-refractivity contribution in [1.82, 2.24) is 9.80 Å². The molecule has 2 heterocycles. The summed E-state index contributed by atoms with van der Waals surface area (Å²) in [7, 11) is 3.89. The molecule has 0 spiro atoms. The Morgan fingerprint density at radius 2 is 1.93 bits per heavy atom. The van der Waals surface area contributed by atoms with E-state index in [4.69, 9.17) is 0 Å². The molecule has 5 nitrogen and oxygen atoms in total. The number of hydrogen-bond acceptors (Lipinski definition) is 5. The van der Waals surface area contributed by atoms with Gasteiger partial charge in [-0.15, -0.1) is 11.3 Å². The molecule has 7 heteroatoms. The number of likely N-dealkylation sites (tertiary alicyclic amines) is 1. The van der Waals surface area contributed by atoms with Crippen LogP contribution in [0, 0.1) is 5.82 Å². The van der Waals surface area contributed by atoms with Crippen molar-refractivity contribution in [3.05, 3.63) is 63.6 Å². The number of aliphatic hydroxyl groups excluding tert-OH is 1. The summed E-state index contributed by atoms with van der Waals surface area (Å²) in [6, 6.07) is 8.28. The van der Waals surface area contributed by atoms with Crippen molar-refractivity contribution in [3.63, 3.8) is 0 Å². The molecule has 1 atom stereocenters. The number of nitrogens with zero attached hydrogens (tertiary/aromatic N) is 2. The Labute approximate surface area is 161 Å². The highest BCUT2D eigenvalue weighted by Gasteiger charge is 2.46. The van der Waals surface area contributed by atoms with E-state index in [0.29, 0.717) is 18.5 Å². The zero-order valence-electron chi connectivity index (χ0n) is 15.2. The van der Waals surface area contributed by atoms with Crippen LogP contribution in [0.4, 0.5) is 4.39 Å². The summed E-state index contributed by atoms with van der Waals surface area (Å²) in [5, 5.41) is 12.6. The molecule has 1 N–H and O–H groups in total. The smallest absolute Gasteiger partial charge is 0.295 e. The molecule has 0 aliphatic carbocycles. The van der Waals surface area contributed by atoms with Crippen LogP contribution in [-0.2, 0) is 9.59 Å². The number of Topliss-reactive ketones (excluding diaryl/α,β-unsaturated/α-hetero) is 1. The average Bonchev–Trinajstić information content (AvgIpc) is 3.24. The quantitative estimate of drug-likeness (QED) is 0.469. The topological polar surface area (TPSA) is 60.9 Å². The Morgan fingerprint density at radius 3 is 2.52 bits per heavy atom. The number of aliphatic hydroxyl groups is 1. The second kappa shape index (κ2) is 8.02. The minimum Gasteiger partial charge on any atom is -0.507 e. The van der Waals surface area contributed by atoms with Gasteiger partial charge in [0.25, 0.3) is 11.7 Å². The molecule has 1 aliphatic rings. The molecule has 0 bridgehead atoms. The van der Waals surface area contributed by atoms with E-state index in [1.165, 1.54) is 40.5 Å². The lowest BCUT2D eigenvalue weighted by molar-refractivity contribution is -0.139. The van der Waals surface area contributed by atoms with E-state index in [1.807, 2.05) is 36.5 Å². The van der Waals surface area contributed by atoms with E-state index in [-0.39, 0.29) is 11.3 Å². The lowest BCUT2D eigenvalue weighted by Crippen LogP contribution is -2.32. The van der Waals surface area contributed by atoms with E-state index in [9.17, 15) is 19.1 Å². The standard InChI is InChI=1S/C20H21FN2O3S/c1-22(2)10-4-11-23-17(15-5-3-12-27-15)16(19(25)20(23)26)18(24)13-6-8-14(21)9-7-13/h3,5-9,12,17,24H,4,10-11H2,1-2H3. The molecule has 142 valence electrons. The second-order valence-electron chi connectivity index (χ2n) is 6.67. The van der Waals surface area contributed by atoms with Crippen molar-refractivity contribution in [1.29, 1.82) is 0 Å². The summed E-state index contributed by atoms with van der Waals surface area (Å²) >= 11 is 1.42. The second-order valence-corrected chi connectivity index (χ2v) is 7.65. The Hall–Kier alpha value is -2.51. The first-order chi connectivity index (χ1) is 12.9. The van der Waals surface area contributed by atoms with Crippen molar-refractivity contribution in [3.8, 4) is 0 Å². The van der Waals surface area contributed by atoms with Gasteiger partial charge in [0.05, 0.1) is 11.6 Å². The molecular formula is C20H21FN2O3S. The van der Waals surface area contributed by atoms with Crippen molar-refractivity contribution in [2.45, 2.75) is 12.5 Å². The van der Waals surface area contributed by atoms with Crippen molar-refractivity contribution in [2.75, 3.05) is 27.2 Å². The van der Waals surface area contributed by atoms with Gasteiger partial charge in [0.1, 0.15) is 11.6 Å². The first-order valence-corrected chi connectivity index (χ1v) is 9.50. The van der Waals surface area contributed by atoms with E-state index in [0.717, 1.165) is 11.4 Å². The Balaban J connectivity index is 2.03. The van der Waals surface area contributed by atoms with Gasteiger partial charge in [0.2, 0.25) is 0 Å². The van der Waals surface area contributed by atoms with Crippen molar-refractivity contribution in [2.24, 2.45) is 0 Å². The maximum Gasteiger partial charge on any atom is 0.295 e. The largest absolute Gasteiger partial charge is 0.507 e. The Bertz CT molecular complexity index is 860. The predicted octanol–water partition coefficient (Wildman–Crippen LogP) is 3.26. The summed E-state index contributed by atoms with van der Waals surface area (Å²) in [5.41, 5.74) is 0.364. The van der Waals surface area contributed by atoms with Crippen LogP contribution < -0.4 is 0 Å². The normalized spacial score (nSPS) is 19.3. The van der Waals surface area contributed by atoms with E-state index >= 15 is 0 Å². The van der Waals surface area contributed by atoms with Gasteiger partial charge in [0.15, 0.2) is 0 Å². The van der Waals surface area contributed by atoms with Gasteiger partial charge >= 0.3 is 0 Å². The average molecular weight is 388 g/mol. The zero-order valence-corrected chi connectivity index (χ0v) is 16.0. The molecule has 1 aromatic heterocycles. The van der Waals surface area contributed by atoms with Crippen LogP contribution >= 0.6 is 11.3 Å². The summed E-state index contributed by atoms with van der Waals surface area (Å²) in [5.74, 6) is -2.04. The lowest BCUT2D eigenvalue weighted by Gasteiger charge is -2.24. The van der Waals surface area contributed by atoms with Gasteiger partial charge in [-0.2, -0.15) is 0 Å². The maximum absolute atomic E-state index is 13.2. The number of ketones is 1. The number of carbonyl (C=O) groups excluding carboxylic acids is 2. The van der Waals surface area contributed by atoms with E-state index < -0.39 is 23.5 Å². The van der Waals surface area contributed by atoms with Crippen LogP contribution in [0.25, 0.3) is 5.76 Å². The highest BCUT2D eigenvalue weighted by Crippen LogP contribution is 2.41. The van der Waals surface area contributed by atoms with Crippen LogP contribution in [0.1, 0.15) is 22.9 Å². The Kier molecular flexibility index (Phi) is 5.72. The zero-order chi connectivity index (χ0) is 19.6. The molecule has 1 aliphatic heterocycles. The van der Waals surface area contributed by atoms with E-state index in [2.05, 4.69) is 0 Å². The van der Waals surface area contributed by atoms with Gasteiger partial charge in [-0.3, -0.25) is 9.59 Å². The molecule has 27 heavy (non-hydrogen) atoms. The number of benzene rings is 1. The minimum absolute atomic E-state index is 0.0545. The number of halogens is 1. The molecule has 1 amide bonds. The SMILES string of the molecule is CN(C)CCCN1C(=O)C(=O)C(=C(O)c2ccc(F)cc2)C1c1cccs1. The molecule has 2 aromatic rings.